The standard InChI is InChI=1S/C6H13N3O2/c1-2-6(4-10,5-11)3-8-9-7/h10-11H,2-5H2,1H3. The molecular formula is C6H13N3O2. The normalized spacial score (nSPS) is 10.8. The van der Waals surface area contributed by atoms with Crippen LogP contribution >= 0.6 is 0 Å². The Labute approximate surface area is 65.3 Å². The second kappa shape index (κ2) is 4.96. The van der Waals surface area contributed by atoms with Crippen LogP contribution in [-0.2, 0) is 0 Å². The average Bonchev–Trinajstić information content (AvgIpc) is 2.08. The van der Waals surface area contributed by atoms with Crippen molar-refractivity contribution in [3.05, 3.63) is 10.4 Å². The molecule has 0 unspecified atom stereocenters. The third-order valence-corrected chi connectivity index (χ3v) is 1.89. The third-order valence-electron chi connectivity index (χ3n) is 1.89. The summed E-state index contributed by atoms with van der Waals surface area (Å²) in [5, 5.41) is 21.0. The van der Waals surface area contributed by atoms with Crippen LogP contribution < -0.4 is 0 Å². The van der Waals surface area contributed by atoms with E-state index >= 15 is 0 Å². The summed E-state index contributed by atoms with van der Waals surface area (Å²) in [4.78, 5) is 2.57. The molecule has 2 N–H and O–H groups in total. The van der Waals surface area contributed by atoms with Crippen molar-refractivity contribution in [2.24, 2.45) is 10.5 Å². The van der Waals surface area contributed by atoms with Gasteiger partial charge in [0.1, 0.15) is 0 Å². The van der Waals surface area contributed by atoms with Gasteiger partial charge < -0.3 is 10.2 Å². The second-order valence-corrected chi connectivity index (χ2v) is 2.56. The van der Waals surface area contributed by atoms with Gasteiger partial charge in [0.25, 0.3) is 0 Å². The molecule has 5 heteroatoms. The van der Waals surface area contributed by atoms with E-state index in [0.717, 1.165) is 0 Å². The highest BCUT2D eigenvalue weighted by atomic mass is 16.3. The molecule has 0 radical (unpaired) electrons. The van der Waals surface area contributed by atoms with Crippen LogP contribution in [0.3, 0.4) is 0 Å². The molecule has 64 valence electrons. The molecule has 0 aliphatic rings. The monoisotopic (exact) mass is 159 g/mol. The SMILES string of the molecule is CCC(CO)(CO)CN=[N+]=[N-]. The molecule has 0 aromatic heterocycles. The minimum atomic E-state index is -0.633. The number of aliphatic hydroxyl groups excluding tert-OH is 2. The lowest BCUT2D eigenvalue weighted by Crippen LogP contribution is -2.32. The van der Waals surface area contributed by atoms with E-state index in [-0.39, 0.29) is 19.8 Å². The number of rotatable bonds is 5. The Morgan fingerprint density at radius 1 is 1.45 bits per heavy atom. The van der Waals surface area contributed by atoms with Crippen molar-refractivity contribution in [2.45, 2.75) is 13.3 Å². The highest BCUT2D eigenvalue weighted by Gasteiger charge is 2.25. The highest BCUT2D eigenvalue weighted by molar-refractivity contribution is 4.78. The van der Waals surface area contributed by atoms with Crippen molar-refractivity contribution >= 4 is 0 Å². The van der Waals surface area contributed by atoms with Crippen molar-refractivity contribution in [3.63, 3.8) is 0 Å². The topological polar surface area (TPSA) is 89.2 Å². The first kappa shape index (κ1) is 10.2. The largest absolute Gasteiger partial charge is 0.396 e. The maximum atomic E-state index is 8.86. The molecule has 0 saturated carbocycles. The minimum Gasteiger partial charge on any atom is -0.396 e. The molecular weight excluding hydrogens is 146 g/mol. The summed E-state index contributed by atoms with van der Waals surface area (Å²) in [7, 11) is 0. The summed E-state index contributed by atoms with van der Waals surface area (Å²) in [6, 6.07) is 0. The molecule has 0 aromatic rings. The van der Waals surface area contributed by atoms with Crippen molar-refractivity contribution in [2.75, 3.05) is 19.8 Å². The van der Waals surface area contributed by atoms with Gasteiger partial charge in [-0.05, 0) is 12.0 Å². The zero-order valence-corrected chi connectivity index (χ0v) is 6.56. The fourth-order valence-corrected chi connectivity index (χ4v) is 0.667. The van der Waals surface area contributed by atoms with Crippen molar-refractivity contribution in [3.8, 4) is 0 Å². The lowest BCUT2D eigenvalue weighted by molar-refractivity contribution is 0.0586. The molecule has 0 aromatic carbocycles. The van der Waals surface area contributed by atoms with Crippen molar-refractivity contribution < 1.29 is 10.2 Å². The molecule has 0 saturated heterocycles. The highest BCUT2D eigenvalue weighted by Crippen LogP contribution is 2.20. The minimum absolute atomic E-state index is 0.146. The molecule has 0 fully saturated rings. The summed E-state index contributed by atoms with van der Waals surface area (Å²) in [6.07, 6.45) is 0.596. The number of nitrogens with zero attached hydrogens (tertiary/aromatic N) is 3. The summed E-state index contributed by atoms with van der Waals surface area (Å²) in [5.74, 6) is 0. The van der Waals surface area contributed by atoms with Crippen LogP contribution in [0.5, 0.6) is 0 Å². The summed E-state index contributed by atoms with van der Waals surface area (Å²) < 4.78 is 0. The number of hydrogen-bond acceptors (Lipinski definition) is 3. The van der Waals surface area contributed by atoms with Crippen LogP contribution in [0.15, 0.2) is 5.11 Å². The molecule has 0 amide bonds. The molecule has 5 nitrogen and oxygen atoms in total. The summed E-state index contributed by atoms with van der Waals surface area (Å²) >= 11 is 0. The van der Waals surface area contributed by atoms with E-state index in [4.69, 9.17) is 15.7 Å². The van der Waals surface area contributed by atoms with Gasteiger partial charge in [-0.15, -0.1) is 0 Å². The van der Waals surface area contributed by atoms with E-state index in [0.29, 0.717) is 6.42 Å². The van der Waals surface area contributed by atoms with Crippen LogP contribution in [0.2, 0.25) is 0 Å². The molecule has 0 atom stereocenters. The first-order valence-corrected chi connectivity index (χ1v) is 3.47. The van der Waals surface area contributed by atoms with E-state index in [1.165, 1.54) is 0 Å². The van der Waals surface area contributed by atoms with Crippen molar-refractivity contribution in [1.29, 1.82) is 0 Å². The Hall–Kier alpha value is -0.770. The van der Waals surface area contributed by atoms with Crippen LogP contribution in [0, 0.1) is 5.41 Å². The van der Waals surface area contributed by atoms with Gasteiger partial charge in [0, 0.05) is 16.9 Å². The zero-order valence-electron chi connectivity index (χ0n) is 6.56. The first-order chi connectivity index (χ1) is 5.24. The summed E-state index contributed by atoms with van der Waals surface area (Å²) in [6.45, 7) is 1.67. The second-order valence-electron chi connectivity index (χ2n) is 2.56. The smallest absolute Gasteiger partial charge is 0.0510 e. The van der Waals surface area contributed by atoms with Gasteiger partial charge in [-0.3, -0.25) is 0 Å². The van der Waals surface area contributed by atoms with Gasteiger partial charge in [-0.2, -0.15) is 0 Å². The summed E-state index contributed by atoms with van der Waals surface area (Å²) in [5.41, 5.74) is 7.38. The van der Waals surface area contributed by atoms with Crippen LogP contribution in [0.25, 0.3) is 10.4 Å². The molecule has 0 aliphatic heterocycles. The van der Waals surface area contributed by atoms with E-state index in [2.05, 4.69) is 10.0 Å². The van der Waals surface area contributed by atoms with E-state index < -0.39 is 5.41 Å². The van der Waals surface area contributed by atoms with Gasteiger partial charge in [0.2, 0.25) is 0 Å². The maximum absolute atomic E-state index is 8.86. The van der Waals surface area contributed by atoms with Gasteiger partial charge in [-0.25, -0.2) is 0 Å². The van der Waals surface area contributed by atoms with Crippen LogP contribution in [0.1, 0.15) is 13.3 Å². The zero-order chi connectivity index (χ0) is 8.74. The van der Waals surface area contributed by atoms with Gasteiger partial charge in [-0.1, -0.05) is 12.0 Å². The van der Waals surface area contributed by atoms with Gasteiger partial charge in [0.05, 0.1) is 13.2 Å². The fraction of sp³-hybridized carbons (Fsp3) is 1.00. The van der Waals surface area contributed by atoms with Gasteiger partial charge in [0.15, 0.2) is 0 Å². The molecule has 11 heavy (non-hydrogen) atoms. The molecule has 0 spiro atoms. The number of hydrogen-bond donors (Lipinski definition) is 2. The first-order valence-electron chi connectivity index (χ1n) is 3.47. The van der Waals surface area contributed by atoms with E-state index in [1.807, 2.05) is 6.92 Å². The predicted molar refractivity (Wildman–Crippen MR) is 40.9 cm³/mol. The molecule has 0 bridgehead atoms. The third kappa shape index (κ3) is 2.76. The maximum Gasteiger partial charge on any atom is 0.0510 e. The average molecular weight is 159 g/mol. The Morgan fingerprint density at radius 2 is 2.00 bits per heavy atom. The molecule has 0 aliphatic carbocycles. The quantitative estimate of drug-likeness (QED) is 0.351. The number of azide groups is 1. The Kier molecular flexibility index (Phi) is 4.61. The lowest BCUT2D eigenvalue weighted by Gasteiger charge is -2.25. The van der Waals surface area contributed by atoms with Crippen molar-refractivity contribution in [1.82, 2.24) is 0 Å². The predicted octanol–water partition coefficient (Wildman–Crippen LogP) is 0.678. The Balaban J connectivity index is 4.15. The Bertz CT molecular complexity index is 142. The molecule has 0 rings (SSSR count). The van der Waals surface area contributed by atoms with E-state index in [9.17, 15) is 0 Å². The molecule has 0 heterocycles. The fourth-order valence-electron chi connectivity index (χ4n) is 0.667. The van der Waals surface area contributed by atoms with E-state index in [1.54, 1.807) is 0 Å². The number of aliphatic hydroxyl groups is 2. The van der Waals surface area contributed by atoms with Crippen LogP contribution in [-0.4, -0.2) is 30.0 Å². The lowest BCUT2D eigenvalue weighted by atomic mass is 9.87. The van der Waals surface area contributed by atoms with Gasteiger partial charge >= 0.3 is 0 Å². The Morgan fingerprint density at radius 3 is 2.27 bits per heavy atom. The van der Waals surface area contributed by atoms with Crippen LogP contribution in [0.4, 0.5) is 0 Å².